The van der Waals surface area contributed by atoms with Crippen LogP contribution < -0.4 is 4.90 Å². The molecule has 0 aromatic heterocycles. The summed E-state index contributed by atoms with van der Waals surface area (Å²) >= 11 is 8.94. The van der Waals surface area contributed by atoms with E-state index in [0.29, 0.717) is 4.32 Å². The Labute approximate surface area is 163 Å². The summed E-state index contributed by atoms with van der Waals surface area (Å²) in [5, 5.41) is 0. The number of piperazine rings is 1. The van der Waals surface area contributed by atoms with Gasteiger partial charge in [-0.1, -0.05) is 16.5 Å². The van der Waals surface area contributed by atoms with E-state index in [9.17, 15) is 0 Å². The largest absolute Gasteiger partial charge is 0.411 e. The maximum absolute atomic E-state index is 5.85. The molecule has 1 aromatic carbocycles. The molecule has 1 saturated heterocycles. The van der Waals surface area contributed by atoms with Gasteiger partial charge in [0.15, 0.2) is 0 Å². The summed E-state index contributed by atoms with van der Waals surface area (Å²) in [4.78, 5) is 4.53. The number of nitrogens with zero attached hydrogens (tertiary/aromatic N) is 2. The Bertz CT molecular complexity index is 501. The van der Waals surface area contributed by atoms with Crippen LogP contribution in [0.3, 0.4) is 0 Å². The molecular formula is C17H27ClN2S2Sn. The van der Waals surface area contributed by atoms with Crippen LogP contribution in [0.4, 0.5) is 5.69 Å². The van der Waals surface area contributed by atoms with Crippen molar-refractivity contribution >= 4 is 62.4 Å². The maximum Gasteiger partial charge on any atom is 0.0399 e. The molecule has 0 radical (unpaired) electrons. The Morgan fingerprint density at radius 2 is 1.74 bits per heavy atom. The van der Waals surface area contributed by atoms with Crippen LogP contribution in [0, 0.1) is 13.8 Å². The topological polar surface area (TPSA) is 6.48 Å². The van der Waals surface area contributed by atoms with Gasteiger partial charge in [-0.3, -0.25) is 0 Å². The molecule has 0 unspecified atom stereocenters. The molecular weight excluding hydrogens is 450 g/mol. The number of hydrogen-bond donors (Lipinski definition) is 0. The van der Waals surface area contributed by atoms with Gasteiger partial charge in [-0.15, -0.1) is 0 Å². The molecule has 0 bridgehead atoms. The van der Waals surface area contributed by atoms with Gasteiger partial charge in [-0.05, 0) is 31.0 Å². The summed E-state index contributed by atoms with van der Waals surface area (Å²) in [7, 11) is 5.85. The number of rotatable bonds is 3. The second kappa shape index (κ2) is 11.0. The van der Waals surface area contributed by atoms with E-state index in [1.165, 1.54) is 25.7 Å². The third-order valence-corrected chi connectivity index (χ3v) is 12.7. The first-order valence-electron chi connectivity index (χ1n) is 8.17. The summed E-state index contributed by atoms with van der Waals surface area (Å²) in [6.07, 6.45) is 0. The SMILES string of the molecule is C[CH2][Sn+]([Cl])[CH2]C.Cc1cccc(N2CCN(C(=S)[S-])CC2)c1C. The van der Waals surface area contributed by atoms with Crippen molar-refractivity contribution < 1.29 is 0 Å². The van der Waals surface area contributed by atoms with Gasteiger partial charge in [0.25, 0.3) is 0 Å². The van der Waals surface area contributed by atoms with Gasteiger partial charge in [0, 0.05) is 31.9 Å². The van der Waals surface area contributed by atoms with Gasteiger partial charge in [0.1, 0.15) is 0 Å². The van der Waals surface area contributed by atoms with Crippen LogP contribution >= 0.6 is 21.1 Å². The number of aryl methyl sites for hydroxylation is 1. The van der Waals surface area contributed by atoms with E-state index in [0.717, 1.165) is 26.2 Å². The second-order valence-electron chi connectivity index (χ2n) is 5.68. The third-order valence-electron chi connectivity index (χ3n) is 4.22. The molecule has 0 amide bonds. The molecule has 6 heteroatoms. The van der Waals surface area contributed by atoms with E-state index >= 15 is 0 Å². The van der Waals surface area contributed by atoms with Crippen LogP contribution in [0.25, 0.3) is 0 Å². The predicted octanol–water partition coefficient (Wildman–Crippen LogP) is 4.51. The second-order valence-corrected chi connectivity index (χ2v) is 17.3. The first-order chi connectivity index (χ1) is 10.9. The standard InChI is InChI=1S/C13H18N2S2.2C2H5.ClH.Sn/c1-10-4-3-5-12(11(10)2)14-6-8-15(9-7-14)13(16)17;2*1-2;;/h3-5H,6-9H2,1-2H3,(H,16,17);2*1H2,2H3;1H;/q;;;;+2/p-2. The van der Waals surface area contributed by atoms with Gasteiger partial charge in [0.2, 0.25) is 0 Å². The van der Waals surface area contributed by atoms with Crippen molar-refractivity contribution in [2.24, 2.45) is 0 Å². The smallest absolute Gasteiger partial charge is 0.0399 e. The molecule has 1 aliphatic heterocycles. The van der Waals surface area contributed by atoms with Gasteiger partial charge in [0.05, 0.1) is 0 Å². The fraction of sp³-hybridized carbons (Fsp3) is 0.588. The fourth-order valence-corrected chi connectivity index (χ4v) is 4.25. The van der Waals surface area contributed by atoms with Crippen molar-refractivity contribution in [2.75, 3.05) is 31.1 Å². The number of anilines is 1. The average molecular weight is 478 g/mol. The monoisotopic (exact) mass is 478 g/mol. The Balaban J connectivity index is 0.000000379. The minimum atomic E-state index is -1.14. The minimum absolute atomic E-state index is 0.602. The van der Waals surface area contributed by atoms with Crippen molar-refractivity contribution in [3.8, 4) is 0 Å². The molecule has 1 heterocycles. The Morgan fingerprint density at radius 3 is 2.17 bits per heavy atom. The number of benzene rings is 1. The van der Waals surface area contributed by atoms with E-state index in [4.69, 9.17) is 33.8 Å². The summed E-state index contributed by atoms with van der Waals surface area (Å²) in [5.41, 5.74) is 4.07. The summed E-state index contributed by atoms with van der Waals surface area (Å²) in [5.74, 6) is 0. The zero-order valence-corrected chi connectivity index (χ0v) is 19.8. The van der Waals surface area contributed by atoms with Gasteiger partial charge in [-0.2, -0.15) is 0 Å². The van der Waals surface area contributed by atoms with Crippen LogP contribution in [0.2, 0.25) is 8.87 Å². The van der Waals surface area contributed by atoms with Crippen LogP contribution in [0.5, 0.6) is 0 Å². The molecule has 1 aromatic rings. The zero-order chi connectivity index (χ0) is 17.4. The first-order valence-corrected chi connectivity index (χ1v) is 16.6. The fourth-order valence-electron chi connectivity index (χ4n) is 2.46. The Kier molecular flexibility index (Phi) is 10.1. The maximum atomic E-state index is 5.85. The average Bonchev–Trinajstić information content (AvgIpc) is 2.57. The van der Waals surface area contributed by atoms with Crippen LogP contribution in [-0.2, 0) is 12.6 Å². The van der Waals surface area contributed by atoms with E-state index in [1.54, 1.807) is 0 Å². The molecule has 2 rings (SSSR count). The quantitative estimate of drug-likeness (QED) is 0.359. The summed E-state index contributed by atoms with van der Waals surface area (Å²) < 4.78 is 3.19. The molecule has 23 heavy (non-hydrogen) atoms. The molecule has 0 atom stereocenters. The molecule has 1 fully saturated rings. The van der Waals surface area contributed by atoms with Crippen LogP contribution in [0.15, 0.2) is 18.2 Å². The van der Waals surface area contributed by atoms with Crippen LogP contribution in [-0.4, -0.2) is 54.0 Å². The molecule has 0 saturated carbocycles. The van der Waals surface area contributed by atoms with Gasteiger partial charge in [-0.25, -0.2) is 0 Å². The first kappa shape index (κ1) is 21.3. The summed E-state index contributed by atoms with van der Waals surface area (Å²) in [6, 6.07) is 6.49. The molecule has 0 spiro atoms. The van der Waals surface area contributed by atoms with Gasteiger partial charge < -0.3 is 34.6 Å². The molecule has 2 nitrogen and oxygen atoms in total. The molecule has 1 aliphatic rings. The minimum Gasteiger partial charge on any atom is -0.411 e. The Morgan fingerprint density at radius 1 is 1.17 bits per heavy atom. The molecule has 0 N–H and O–H groups in total. The zero-order valence-electron chi connectivity index (χ0n) is 14.6. The molecule has 128 valence electrons. The van der Waals surface area contributed by atoms with Crippen molar-refractivity contribution in [3.63, 3.8) is 0 Å². The number of thiocarbonyl (C=S) groups is 1. The van der Waals surface area contributed by atoms with E-state index in [-0.39, 0.29) is 0 Å². The Hall–Kier alpha value is 0.219. The van der Waals surface area contributed by atoms with E-state index in [2.05, 4.69) is 55.7 Å². The predicted molar refractivity (Wildman–Crippen MR) is 112 cm³/mol. The normalized spacial score (nSPS) is 14.1. The van der Waals surface area contributed by atoms with Gasteiger partial charge >= 0.3 is 50.3 Å². The van der Waals surface area contributed by atoms with Crippen molar-refractivity contribution in [1.82, 2.24) is 4.90 Å². The number of hydrogen-bond acceptors (Lipinski definition) is 3. The number of halogens is 1. The van der Waals surface area contributed by atoms with Crippen molar-refractivity contribution in [3.05, 3.63) is 29.3 Å². The van der Waals surface area contributed by atoms with E-state index in [1.807, 2.05) is 0 Å². The van der Waals surface area contributed by atoms with E-state index < -0.39 is 18.6 Å². The molecule has 0 aliphatic carbocycles. The summed E-state index contributed by atoms with van der Waals surface area (Å²) in [6.45, 7) is 12.6. The third kappa shape index (κ3) is 6.92. The van der Waals surface area contributed by atoms with Crippen molar-refractivity contribution in [2.45, 2.75) is 36.6 Å². The van der Waals surface area contributed by atoms with Crippen LogP contribution in [0.1, 0.15) is 25.0 Å². The van der Waals surface area contributed by atoms with Crippen molar-refractivity contribution in [1.29, 1.82) is 0 Å².